The lowest BCUT2D eigenvalue weighted by Gasteiger charge is -2.27. The van der Waals surface area contributed by atoms with Crippen molar-refractivity contribution in [1.29, 1.82) is 0 Å². The second-order valence-electron chi connectivity index (χ2n) is 8.06. The van der Waals surface area contributed by atoms with Gasteiger partial charge in [-0.25, -0.2) is 0 Å². The van der Waals surface area contributed by atoms with Crippen LogP contribution >= 0.6 is 11.3 Å². The molecule has 0 unspecified atom stereocenters. The molecule has 1 aromatic heterocycles. The Morgan fingerprint density at radius 2 is 1.00 bits per heavy atom. The first kappa shape index (κ1) is 18.5. The molecule has 1 heteroatoms. The third-order valence-corrected chi connectivity index (χ3v) is 8.10. The van der Waals surface area contributed by atoms with E-state index < -0.39 is 0 Å². The standard InChI is InChI=1S/C24H32S/c1-7-23(5,8-2)17-11-13-19-20-14-12-18(24(6,9-3)10-4)16-22(20)25-21(19)15-17/h11-16H,7-10H2,1-6H3. The molecule has 0 radical (unpaired) electrons. The molecule has 0 bridgehead atoms. The molecule has 134 valence electrons. The highest BCUT2D eigenvalue weighted by Gasteiger charge is 2.24. The fraction of sp³-hybridized carbons (Fsp3) is 0.500. The van der Waals surface area contributed by atoms with Gasteiger partial charge in [0.15, 0.2) is 0 Å². The maximum absolute atomic E-state index is 2.45. The van der Waals surface area contributed by atoms with Crippen molar-refractivity contribution in [3.05, 3.63) is 47.5 Å². The first-order valence-corrected chi connectivity index (χ1v) is 10.7. The summed E-state index contributed by atoms with van der Waals surface area (Å²) in [6.07, 6.45) is 4.76. The van der Waals surface area contributed by atoms with Gasteiger partial charge < -0.3 is 0 Å². The number of rotatable bonds is 6. The van der Waals surface area contributed by atoms with Crippen LogP contribution in [-0.2, 0) is 10.8 Å². The summed E-state index contributed by atoms with van der Waals surface area (Å²) in [5.41, 5.74) is 3.56. The lowest BCUT2D eigenvalue weighted by atomic mass is 9.77. The molecule has 0 saturated carbocycles. The topological polar surface area (TPSA) is 0 Å². The lowest BCUT2D eigenvalue weighted by molar-refractivity contribution is 0.439. The van der Waals surface area contributed by atoms with Gasteiger partial charge in [0.1, 0.15) is 0 Å². The average molecular weight is 353 g/mol. The molecule has 0 aliphatic carbocycles. The Balaban J connectivity index is 2.16. The van der Waals surface area contributed by atoms with Crippen LogP contribution in [0.4, 0.5) is 0 Å². The van der Waals surface area contributed by atoms with Crippen LogP contribution in [0.3, 0.4) is 0 Å². The van der Waals surface area contributed by atoms with Gasteiger partial charge >= 0.3 is 0 Å². The molecular weight excluding hydrogens is 320 g/mol. The molecule has 0 N–H and O–H groups in total. The number of hydrogen-bond donors (Lipinski definition) is 0. The molecule has 0 aliphatic heterocycles. The quantitative estimate of drug-likeness (QED) is 0.419. The van der Waals surface area contributed by atoms with E-state index >= 15 is 0 Å². The van der Waals surface area contributed by atoms with Gasteiger partial charge in [-0.05, 0) is 59.8 Å². The molecule has 25 heavy (non-hydrogen) atoms. The highest BCUT2D eigenvalue weighted by Crippen LogP contribution is 2.41. The summed E-state index contributed by atoms with van der Waals surface area (Å²) < 4.78 is 2.87. The zero-order valence-electron chi connectivity index (χ0n) is 16.7. The van der Waals surface area contributed by atoms with Gasteiger partial charge in [0.05, 0.1) is 0 Å². The molecule has 3 rings (SSSR count). The van der Waals surface area contributed by atoms with Crippen LogP contribution in [-0.4, -0.2) is 0 Å². The van der Waals surface area contributed by atoms with E-state index in [1.54, 1.807) is 0 Å². The fourth-order valence-corrected chi connectivity index (χ4v) is 5.03. The summed E-state index contributed by atoms with van der Waals surface area (Å²) in [6.45, 7) is 14.0. The Labute approximate surface area is 157 Å². The first-order chi connectivity index (χ1) is 11.9. The zero-order chi connectivity index (χ0) is 18.2. The largest absolute Gasteiger partial charge is 0.135 e. The highest BCUT2D eigenvalue weighted by molar-refractivity contribution is 7.25. The van der Waals surface area contributed by atoms with Crippen molar-refractivity contribution in [1.82, 2.24) is 0 Å². The van der Waals surface area contributed by atoms with E-state index in [0.29, 0.717) is 10.8 Å². The van der Waals surface area contributed by atoms with Gasteiger partial charge in [-0.1, -0.05) is 65.8 Å². The van der Waals surface area contributed by atoms with E-state index in [1.807, 2.05) is 11.3 Å². The van der Waals surface area contributed by atoms with Crippen molar-refractivity contribution in [2.45, 2.75) is 78.1 Å². The minimum absolute atomic E-state index is 0.290. The Bertz CT molecular complexity index is 803. The van der Waals surface area contributed by atoms with E-state index in [2.05, 4.69) is 77.9 Å². The Kier molecular flexibility index (Phi) is 4.99. The van der Waals surface area contributed by atoms with Crippen molar-refractivity contribution in [3.8, 4) is 0 Å². The van der Waals surface area contributed by atoms with Crippen LogP contribution in [0.2, 0.25) is 0 Å². The molecule has 3 aromatic rings. The maximum Gasteiger partial charge on any atom is 0.0358 e. The molecule has 0 spiro atoms. The average Bonchev–Trinajstić information content (AvgIpc) is 3.03. The van der Waals surface area contributed by atoms with Crippen LogP contribution in [0, 0.1) is 0 Å². The monoisotopic (exact) mass is 352 g/mol. The number of fused-ring (bicyclic) bond motifs is 3. The molecular formula is C24H32S. The van der Waals surface area contributed by atoms with Gasteiger partial charge in [0, 0.05) is 20.2 Å². The van der Waals surface area contributed by atoms with Gasteiger partial charge in [0.2, 0.25) is 0 Å². The van der Waals surface area contributed by atoms with Crippen LogP contribution < -0.4 is 0 Å². The smallest absolute Gasteiger partial charge is 0.0358 e. The van der Waals surface area contributed by atoms with Crippen molar-refractivity contribution in [3.63, 3.8) is 0 Å². The normalized spacial score (nSPS) is 13.0. The van der Waals surface area contributed by atoms with Gasteiger partial charge in [-0.15, -0.1) is 11.3 Å². The minimum Gasteiger partial charge on any atom is -0.135 e. The number of benzene rings is 2. The van der Waals surface area contributed by atoms with Gasteiger partial charge in [0.25, 0.3) is 0 Å². The number of hydrogen-bond acceptors (Lipinski definition) is 1. The summed E-state index contributed by atoms with van der Waals surface area (Å²) in [7, 11) is 0. The Morgan fingerprint density at radius 3 is 1.32 bits per heavy atom. The Morgan fingerprint density at radius 1 is 0.640 bits per heavy atom. The van der Waals surface area contributed by atoms with Crippen LogP contribution in [0.5, 0.6) is 0 Å². The zero-order valence-corrected chi connectivity index (χ0v) is 17.5. The van der Waals surface area contributed by atoms with Crippen molar-refractivity contribution in [2.75, 3.05) is 0 Å². The van der Waals surface area contributed by atoms with Crippen LogP contribution in [0.15, 0.2) is 36.4 Å². The molecule has 2 aromatic carbocycles. The van der Waals surface area contributed by atoms with Crippen LogP contribution in [0.25, 0.3) is 20.2 Å². The van der Waals surface area contributed by atoms with E-state index in [9.17, 15) is 0 Å². The van der Waals surface area contributed by atoms with E-state index in [0.717, 1.165) is 0 Å². The third-order valence-electron chi connectivity index (χ3n) is 6.99. The van der Waals surface area contributed by atoms with Crippen LogP contribution in [0.1, 0.15) is 78.4 Å². The lowest BCUT2D eigenvalue weighted by Crippen LogP contribution is -2.19. The van der Waals surface area contributed by atoms with E-state index in [4.69, 9.17) is 0 Å². The third kappa shape index (κ3) is 3.01. The second-order valence-corrected chi connectivity index (χ2v) is 9.14. The Hall–Kier alpha value is -1.34. The SMILES string of the molecule is CCC(C)(CC)c1ccc2c(c1)sc1cc(C(C)(CC)CC)ccc12. The van der Waals surface area contributed by atoms with Gasteiger partial charge in [-0.2, -0.15) is 0 Å². The molecule has 0 aliphatic rings. The molecule has 0 atom stereocenters. The van der Waals surface area contributed by atoms with Crippen molar-refractivity contribution >= 4 is 31.5 Å². The van der Waals surface area contributed by atoms with E-state index in [-0.39, 0.29) is 0 Å². The first-order valence-electron chi connectivity index (χ1n) is 9.88. The van der Waals surface area contributed by atoms with Crippen molar-refractivity contribution < 1.29 is 0 Å². The van der Waals surface area contributed by atoms with E-state index in [1.165, 1.54) is 57.0 Å². The fourth-order valence-electron chi connectivity index (χ4n) is 3.84. The van der Waals surface area contributed by atoms with Gasteiger partial charge in [-0.3, -0.25) is 0 Å². The maximum atomic E-state index is 2.45. The molecule has 1 heterocycles. The molecule has 0 nitrogen and oxygen atoms in total. The summed E-state index contributed by atoms with van der Waals surface area (Å²) in [4.78, 5) is 0. The predicted octanol–water partition coefficient (Wildman–Crippen LogP) is 8.21. The summed E-state index contributed by atoms with van der Waals surface area (Å²) in [6, 6.07) is 14.3. The second kappa shape index (κ2) is 6.76. The minimum atomic E-state index is 0.290. The predicted molar refractivity (Wildman–Crippen MR) is 115 cm³/mol. The number of thiophene rings is 1. The summed E-state index contributed by atoms with van der Waals surface area (Å²) >= 11 is 1.96. The molecule has 0 fully saturated rings. The summed E-state index contributed by atoms with van der Waals surface area (Å²) in [5, 5.41) is 2.83. The molecule has 0 saturated heterocycles. The highest BCUT2D eigenvalue weighted by atomic mass is 32.1. The van der Waals surface area contributed by atoms with Crippen molar-refractivity contribution in [2.24, 2.45) is 0 Å². The molecule has 0 amide bonds. The summed E-state index contributed by atoms with van der Waals surface area (Å²) in [5.74, 6) is 0.